The number of esters is 1. The highest BCUT2D eigenvalue weighted by Gasteiger charge is 2.03. The zero-order chi connectivity index (χ0) is 11.1. The third-order valence-electron chi connectivity index (χ3n) is 1.74. The van der Waals surface area contributed by atoms with Crippen molar-refractivity contribution in [2.45, 2.75) is 13.5 Å². The van der Waals surface area contributed by atoms with Crippen molar-refractivity contribution in [2.24, 2.45) is 0 Å². The highest BCUT2D eigenvalue weighted by Crippen LogP contribution is 2.12. The van der Waals surface area contributed by atoms with Gasteiger partial charge in [-0.05, 0) is 41.1 Å². The van der Waals surface area contributed by atoms with Crippen LogP contribution in [0.2, 0.25) is 0 Å². The maximum atomic E-state index is 11.0. The lowest BCUT2D eigenvalue weighted by Crippen LogP contribution is -2.12. The number of hydrogen-bond donors (Lipinski definition) is 0. The molecule has 15 heavy (non-hydrogen) atoms. The summed E-state index contributed by atoms with van der Waals surface area (Å²) in [6.45, 7) is 2.62. The molecule has 0 N–H and O–H groups in total. The summed E-state index contributed by atoms with van der Waals surface area (Å²) in [4.78, 5) is 11.0. The average Bonchev–Trinajstić information content (AvgIpc) is 2.21. The summed E-state index contributed by atoms with van der Waals surface area (Å²) < 4.78 is 11.1. The van der Waals surface area contributed by atoms with Gasteiger partial charge in [0.2, 0.25) is 0 Å². The lowest BCUT2D eigenvalue weighted by atomic mass is 10.2. The van der Waals surface area contributed by atoms with Gasteiger partial charge in [0.1, 0.15) is 6.61 Å². The maximum absolute atomic E-state index is 11.0. The molecule has 0 aliphatic heterocycles. The average molecular weight is 320 g/mol. The van der Waals surface area contributed by atoms with Gasteiger partial charge in [0.05, 0.1) is 13.2 Å². The van der Waals surface area contributed by atoms with E-state index in [4.69, 9.17) is 9.47 Å². The Bertz CT molecular complexity index is 325. The van der Waals surface area contributed by atoms with E-state index >= 15 is 0 Å². The van der Waals surface area contributed by atoms with Gasteiger partial charge >= 0.3 is 5.97 Å². The lowest BCUT2D eigenvalue weighted by Gasteiger charge is -2.05. The van der Waals surface area contributed by atoms with Crippen LogP contribution in [-0.4, -0.2) is 19.2 Å². The van der Waals surface area contributed by atoms with Gasteiger partial charge in [0, 0.05) is 3.57 Å². The smallest absolute Gasteiger partial charge is 0.332 e. The third-order valence-corrected chi connectivity index (χ3v) is 2.79. The summed E-state index contributed by atoms with van der Waals surface area (Å²) in [6.07, 6.45) is 0. The van der Waals surface area contributed by atoms with Gasteiger partial charge in [-0.1, -0.05) is 18.2 Å². The summed E-state index contributed by atoms with van der Waals surface area (Å²) in [6, 6.07) is 7.90. The largest absolute Gasteiger partial charge is 0.464 e. The van der Waals surface area contributed by atoms with Gasteiger partial charge in [-0.15, -0.1) is 0 Å². The van der Waals surface area contributed by atoms with Gasteiger partial charge in [0.25, 0.3) is 0 Å². The second kappa shape index (κ2) is 6.79. The summed E-state index contributed by atoms with van der Waals surface area (Å²) in [7, 11) is 0. The Balaban J connectivity index is 2.32. The molecule has 0 radical (unpaired) electrons. The van der Waals surface area contributed by atoms with Gasteiger partial charge in [-0.25, -0.2) is 4.79 Å². The number of hydrogen-bond acceptors (Lipinski definition) is 3. The number of halogens is 1. The fourth-order valence-corrected chi connectivity index (χ4v) is 1.61. The first-order valence-corrected chi connectivity index (χ1v) is 5.78. The van der Waals surface area contributed by atoms with Crippen molar-refractivity contribution >= 4 is 28.6 Å². The van der Waals surface area contributed by atoms with Crippen LogP contribution >= 0.6 is 22.6 Å². The monoisotopic (exact) mass is 320 g/mol. The van der Waals surface area contributed by atoms with E-state index in [0.29, 0.717) is 13.2 Å². The Morgan fingerprint density at radius 2 is 2.13 bits per heavy atom. The normalized spacial score (nSPS) is 10.0. The van der Waals surface area contributed by atoms with Crippen molar-refractivity contribution in [2.75, 3.05) is 13.2 Å². The number of rotatable bonds is 5. The zero-order valence-electron chi connectivity index (χ0n) is 8.53. The van der Waals surface area contributed by atoms with E-state index in [2.05, 4.69) is 22.6 Å². The topological polar surface area (TPSA) is 35.5 Å². The van der Waals surface area contributed by atoms with Crippen LogP contribution in [0.5, 0.6) is 0 Å². The summed E-state index contributed by atoms with van der Waals surface area (Å²) >= 11 is 2.24. The van der Waals surface area contributed by atoms with Crippen molar-refractivity contribution in [3.63, 3.8) is 0 Å². The molecule has 0 aliphatic carbocycles. The Kier molecular flexibility index (Phi) is 5.63. The standard InChI is InChI=1S/C11H13IO3/c1-2-15-11(13)8-14-7-9-5-3-4-6-10(9)12/h3-6H,2,7-8H2,1H3. The minimum atomic E-state index is -0.316. The van der Waals surface area contributed by atoms with Crippen molar-refractivity contribution < 1.29 is 14.3 Å². The Morgan fingerprint density at radius 3 is 2.80 bits per heavy atom. The van der Waals surface area contributed by atoms with Crippen LogP contribution in [0.3, 0.4) is 0 Å². The van der Waals surface area contributed by atoms with Gasteiger partial charge in [-0.2, -0.15) is 0 Å². The number of ether oxygens (including phenoxy) is 2. The van der Waals surface area contributed by atoms with E-state index in [1.807, 2.05) is 24.3 Å². The summed E-state index contributed by atoms with van der Waals surface area (Å²) in [5, 5.41) is 0. The molecule has 0 bridgehead atoms. The molecule has 0 unspecified atom stereocenters. The SMILES string of the molecule is CCOC(=O)COCc1ccccc1I. The second-order valence-corrected chi connectivity index (χ2v) is 4.05. The number of carbonyl (C=O) groups is 1. The van der Waals surface area contributed by atoms with Crippen molar-refractivity contribution in [1.29, 1.82) is 0 Å². The van der Waals surface area contributed by atoms with E-state index < -0.39 is 0 Å². The minimum absolute atomic E-state index is 0.0127. The Labute approximate surface area is 103 Å². The van der Waals surface area contributed by atoms with Crippen LogP contribution in [0, 0.1) is 3.57 Å². The predicted molar refractivity (Wildman–Crippen MR) is 65.4 cm³/mol. The predicted octanol–water partition coefficient (Wildman–Crippen LogP) is 2.37. The van der Waals surface area contributed by atoms with Crippen molar-refractivity contribution in [3.8, 4) is 0 Å². The molecule has 82 valence electrons. The molecule has 0 atom stereocenters. The lowest BCUT2D eigenvalue weighted by molar-refractivity contribution is -0.148. The molecule has 1 aromatic rings. The first-order chi connectivity index (χ1) is 7.24. The highest BCUT2D eigenvalue weighted by atomic mass is 127. The molecule has 1 rings (SSSR count). The molecule has 0 spiro atoms. The Hall–Kier alpha value is -0.620. The van der Waals surface area contributed by atoms with E-state index in [1.165, 1.54) is 0 Å². The van der Waals surface area contributed by atoms with Crippen LogP contribution < -0.4 is 0 Å². The van der Waals surface area contributed by atoms with Gasteiger partial charge < -0.3 is 9.47 Å². The molecular formula is C11H13IO3. The molecule has 0 heterocycles. The minimum Gasteiger partial charge on any atom is -0.464 e. The Morgan fingerprint density at radius 1 is 1.40 bits per heavy atom. The van der Waals surface area contributed by atoms with Crippen molar-refractivity contribution in [3.05, 3.63) is 33.4 Å². The quantitative estimate of drug-likeness (QED) is 0.617. The molecule has 0 aliphatic rings. The van der Waals surface area contributed by atoms with E-state index in [0.717, 1.165) is 9.13 Å². The molecule has 4 heteroatoms. The van der Waals surface area contributed by atoms with E-state index in [9.17, 15) is 4.79 Å². The van der Waals surface area contributed by atoms with E-state index in [-0.39, 0.29) is 12.6 Å². The van der Waals surface area contributed by atoms with Crippen LogP contribution in [0.15, 0.2) is 24.3 Å². The molecule has 3 nitrogen and oxygen atoms in total. The summed E-state index contributed by atoms with van der Waals surface area (Å²) in [5.74, 6) is -0.316. The maximum Gasteiger partial charge on any atom is 0.332 e. The number of benzene rings is 1. The first kappa shape index (κ1) is 12.4. The zero-order valence-corrected chi connectivity index (χ0v) is 10.7. The second-order valence-electron chi connectivity index (χ2n) is 2.89. The summed E-state index contributed by atoms with van der Waals surface area (Å²) in [5.41, 5.74) is 1.09. The van der Waals surface area contributed by atoms with Crippen LogP contribution in [-0.2, 0) is 20.9 Å². The fraction of sp³-hybridized carbons (Fsp3) is 0.364. The molecule has 0 fully saturated rings. The molecule has 0 saturated heterocycles. The van der Waals surface area contributed by atoms with E-state index in [1.54, 1.807) is 6.92 Å². The third kappa shape index (κ3) is 4.61. The molecular weight excluding hydrogens is 307 g/mol. The van der Waals surface area contributed by atoms with Crippen molar-refractivity contribution in [1.82, 2.24) is 0 Å². The number of carbonyl (C=O) groups excluding carboxylic acids is 1. The van der Waals surface area contributed by atoms with Crippen LogP contribution in [0.4, 0.5) is 0 Å². The molecule has 0 aromatic heterocycles. The van der Waals surface area contributed by atoms with Crippen LogP contribution in [0.1, 0.15) is 12.5 Å². The van der Waals surface area contributed by atoms with Gasteiger partial charge in [0.15, 0.2) is 0 Å². The molecule has 1 aromatic carbocycles. The highest BCUT2D eigenvalue weighted by molar-refractivity contribution is 14.1. The van der Waals surface area contributed by atoms with Crippen LogP contribution in [0.25, 0.3) is 0 Å². The molecule has 0 amide bonds. The first-order valence-electron chi connectivity index (χ1n) is 4.70. The molecule has 0 saturated carbocycles. The fourth-order valence-electron chi connectivity index (χ4n) is 1.06. The van der Waals surface area contributed by atoms with Gasteiger partial charge in [-0.3, -0.25) is 0 Å².